The Hall–Kier alpha value is -0.163. The van der Waals surface area contributed by atoms with Crippen LogP contribution in [-0.2, 0) is 13.3 Å². The lowest BCUT2D eigenvalue weighted by Crippen LogP contribution is -2.45. The van der Waals surface area contributed by atoms with Crippen LogP contribution in [0.4, 0.5) is 0 Å². The van der Waals surface area contributed by atoms with Crippen LogP contribution in [-0.4, -0.2) is 28.6 Å². The van der Waals surface area contributed by atoms with Gasteiger partial charge < -0.3 is 13.3 Å². The number of hydrogen-bond acceptors (Lipinski definition) is 3. The van der Waals surface area contributed by atoms with Gasteiger partial charge in [0.05, 0.1) is 0 Å². The van der Waals surface area contributed by atoms with Crippen LogP contribution in [0.3, 0.4) is 0 Å². The van der Waals surface area contributed by atoms with Gasteiger partial charge in [-0.05, 0) is 31.9 Å². The Kier molecular flexibility index (Phi) is 13.7. The molecule has 0 aliphatic rings. The normalized spacial score (nSPS) is 12.4. The molecule has 0 N–H and O–H groups in total. The van der Waals surface area contributed by atoms with Gasteiger partial charge in [-0.3, -0.25) is 0 Å². The summed E-state index contributed by atoms with van der Waals surface area (Å²) < 4.78 is 18.0. The Morgan fingerprint density at radius 1 is 0.750 bits per heavy atom. The van der Waals surface area contributed by atoms with E-state index in [1.165, 1.54) is 12.8 Å². The first-order valence-electron chi connectivity index (χ1n) is 8.34. The molecule has 120 valence electrons. The molecule has 0 aliphatic heterocycles. The predicted molar refractivity (Wildman–Crippen MR) is 87.8 cm³/mol. The van der Waals surface area contributed by atoms with Crippen molar-refractivity contribution in [3.63, 3.8) is 0 Å². The van der Waals surface area contributed by atoms with Crippen molar-refractivity contribution in [1.82, 2.24) is 0 Å². The third-order valence-corrected chi connectivity index (χ3v) is 5.54. The Bertz CT molecular complexity index is 222. The molecular formula is C16H34O3Si. The summed E-state index contributed by atoms with van der Waals surface area (Å²) in [5.74, 6) is 0. The van der Waals surface area contributed by atoms with Gasteiger partial charge in [0.25, 0.3) is 0 Å². The Labute approximate surface area is 127 Å². The average molecular weight is 303 g/mol. The van der Waals surface area contributed by atoms with Crippen LogP contribution < -0.4 is 0 Å². The van der Waals surface area contributed by atoms with Gasteiger partial charge in [-0.25, -0.2) is 0 Å². The highest BCUT2D eigenvalue weighted by atomic mass is 28.4. The maximum Gasteiger partial charge on any atom is 0.529 e. The first-order chi connectivity index (χ1) is 9.74. The summed E-state index contributed by atoms with van der Waals surface area (Å²) in [5, 5.41) is 0. The lowest BCUT2D eigenvalue weighted by molar-refractivity contribution is 0.0734. The maximum absolute atomic E-state index is 6.05. The Balaban J connectivity index is 4.57. The molecule has 0 saturated carbocycles. The number of allylic oxidation sites excluding steroid dienone is 1. The zero-order valence-electron chi connectivity index (χ0n) is 14.0. The van der Waals surface area contributed by atoms with E-state index in [4.69, 9.17) is 13.3 Å². The topological polar surface area (TPSA) is 27.7 Å². The summed E-state index contributed by atoms with van der Waals surface area (Å²) in [6, 6.07) is 0. The number of hydrogen-bond donors (Lipinski definition) is 0. The van der Waals surface area contributed by atoms with Gasteiger partial charge in [0.1, 0.15) is 0 Å². The fraction of sp³-hybridized carbons (Fsp3) is 0.875. The third kappa shape index (κ3) is 9.70. The van der Waals surface area contributed by atoms with Crippen LogP contribution in [0.2, 0.25) is 0 Å². The van der Waals surface area contributed by atoms with Gasteiger partial charge in [0.15, 0.2) is 0 Å². The van der Waals surface area contributed by atoms with Crippen molar-refractivity contribution in [1.29, 1.82) is 0 Å². The average Bonchev–Trinajstić information content (AvgIpc) is 2.44. The molecule has 4 heteroatoms. The second-order valence-corrected chi connectivity index (χ2v) is 7.39. The molecule has 0 atom stereocenters. The lowest BCUT2D eigenvalue weighted by atomic mass is 10.2. The minimum Gasteiger partial charge on any atom is -0.371 e. The molecule has 0 radical (unpaired) electrons. The maximum atomic E-state index is 6.05. The molecule has 3 nitrogen and oxygen atoms in total. The molecule has 0 heterocycles. The van der Waals surface area contributed by atoms with E-state index in [1.54, 1.807) is 0 Å². The second kappa shape index (κ2) is 13.8. The standard InChI is InChI=1S/C16H34O3Si/c1-5-9-12-13-16-20(17-8-4,18-14-10-6-2)19-15-11-7-3/h13,16H,5-12,14-15H2,1-4H3. The summed E-state index contributed by atoms with van der Waals surface area (Å²) in [4.78, 5) is 0. The Morgan fingerprint density at radius 3 is 1.75 bits per heavy atom. The molecule has 0 aromatic carbocycles. The van der Waals surface area contributed by atoms with E-state index in [1.807, 2.05) is 6.92 Å². The monoisotopic (exact) mass is 302 g/mol. The fourth-order valence-electron chi connectivity index (χ4n) is 1.74. The van der Waals surface area contributed by atoms with Crippen molar-refractivity contribution in [2.24, 2.45) is 0 Å². The molecule has 0 unspecified atom stereocenters. The van der Waals surface area contributed by atoms with Crippen LogP contribution in [0.5, 0.6) is 0 Å². The van der Waals surface area contributed by atoms with Crippen molar-refractivity contribution in [2.75, 3.05) is 19.8 Å². The van der Waals surface area contributed by atoms with Crippen LogP contribution in [0.25, 0.3) is 0 Å². The van der Waals surface area contributed by atoms with Gasteiger partial charge in [-0.1, -0.05) is 52.5 Å². The van der Waals surface area contributed by atoms with Gasteiger partial charge in [-0.15, -0.1) is 0 Å². The van der Waals surface area contributed by atoms with E-state index < -0.39 is 8.80 Å². The summed E-state index contributed by atoms with van der Waals surface area (Å²) in [6.07, 6.45) is 10.0. The van der Waals surface area contributed by atoms with E-state index in [-0.39, 0.29) is 0 Å². The first kappa shape index (κ1) is 19.8. The summed E-state index contributed by atoms with van der Waals surface area (Å²) >= 11 is 0. The van der Waals surface area contributed by atoms with Gasteiger partial charge in [-0.2, -0.15) is 0 Å². The van der Waals surface area contributed by atoms with Crippen molar-refractivity contribution < 1.29 is 13.3 Å². The minimum atomic E-state index is -2.60. The van der Waals surface area contributed by atoms with Crippen LogP contribution in [0, 0.1) is 0 Å². The molecular weight excluding hydrogens is 268 g/mol. The molecule has 20 heavy (non-hydrogen) atoms. The highest BCUT2D eigenvalue weighted by Crippen LogP contribution is 2.15. The Morgan fingerprint density at radius 2 is 1.30 bits per heavy atom. The van der Waals surface area contributed by atoms with Crippen molar-refractivity contribution in [2.45, 2.75) is 72.6 Å². The molecule has 0 bridgehead atoms. The highest BCUT2D eigenvalue weighted by molar-refractivity contribution is 6.66. The molecule has 0 aromatic rings. The first-order valence-corrected chi connectivity index (χ1v) is 10.1. The molecule has 0 spiro atoms. The zero-order valence-corrected chi connectivity index (χ0v) is 15.0. The fourth-order valence-corrected chi connectivity index (χ4v) is 3.99. The van der Waals surface area contributed by atoms with Crippen LogP contribution >= 0.6 is 0 Å². The van der Waals surface area contributed by atoms with Crippen LogP contribution in [0.15, 0.2) is 11.8 Å². The number of rotatable bonds is 14. The van der Waals surface area contributed by atoms with Gasteiger partial charge in [0, 0.05) is 19.8 Å². The van der Waals surface area contributed by atoms with Crippen molar-refractivity contribution in [3.05, 3.63) is 11.8 Å². The van der Waals surface area contributed by atoms with E-state index in [0.717, 1.165) is 45.3 Å². The smallest absolute Gasteiger partial charge is 0.371 e. The molecule has 0 amide bonds. The quantitative estimate of drug-likeness (QED) is 0.338. The van der Waals surface area contributed by atoms with Crippen LogP contribution in [0.1, 0.15) is 72.6 Å². The summed E-state index contributed by atoms with van der Waals surface area (Å²) in [7, 11) is -2.60. The van der Waals surface area contributed by atoms with E-state index in [9.17, 15) is 0 Å². The minimum absolute atomic E-state index is 0.641. The number of unbranched alkanes of at least 4 members (excludes halogenated alkanes) is 4. The molecule has 0 aliphatic carbocycles. The second-order valence-electron chi connectivity index (χ2n) is 4.99. The van der Waals surface area contributed by atoms with Crippen molar-refractivity contribution in [3.8, 4) is 0 Å². The SMILES string of the molecule is CCCCC=C[Si](OCC)(OCCCC)OCCCC. The van der Waals surface area contributed by atoms with E-state index >= 15 is 0 Å². The molecule has 0 fully saturated rings. The lowest BCUT2D eigenvalue weighted by Gasteiger charge is -2.26. The van der Waals surface area contributed by atoms with Gasteiger partial charge in [0.2, 0.25) is 0 Å². The third-order valence-electron chi connectivity index (χ3n) is 2.99. The van der Waals surface area contributed by atoms with Crippen molar-refractivity contribution >= 4 is 8.80 Å². The zero-order chi connectivity index (χ0) is 15.1. The van der Waals surface area contributed by atoms with Gasteiger partial charge >= 0.3 is 8.80 Å². The predicted octanol–water partition coefficient (Wildman–Crippen LogP) is 4.88. The highest BCUT2D eigenvalue weighted by Gasteiger charge is 2.37. The molecule has 0 aromatic heterocycles. The largest absolute Gasteiger partial charge is 0.529 e. The van der Waals surface area contributed by atoms with E-state index in [0.29, 0.717) is 6.61 Å². The summed E-state index contributed by atoms with van der Waals surface area (Å²) in [5.41, 5.74) is 2.09. The molecule has 0 rings (SSSR count). The molecule has 0 saturated heterocycles. The summed E-state index contributed by atoms with van der Waals surface area (Å²) in [6.45, 7) is 10.7. The van der Waals surface area contributed by atoms with E-state index in [2.05, 4.69) is 32.5 Å².